The van der Waals surface area contributed by atoms with Gasteiger partial charge in [0.05, 0.1) is 12.2 Å². The summed E-state index contributed by atoms with van der Waals surface area (Å²) in [6, 6.07) is 9.81. The van der Waals surface area contributed by atoms with Crippen molar-refractivity contribution in [2.45, 2.75) is 11.9 Å². The van der Waals surface area contributed by atoms with Gasteiger partial charge in [0.25, 0.3) is 0 Å². The van der Waals surface area contributed by atoms with E-state index in [1.54, 1.807) is 10.9 Å². The predicted molar refractivity (Wildman–Crippen MR) is 73.7 cm³/mol. The Morgan fingerprint density at radius 1 is 1.16 bits per heavy atom. The molecule has 0 atom stereocenters. The fourth-order valence-electron chi connectivity index (χ4n) is 1.74. The molecule has 2 heterocycles. The van der Waals surface area contributed by atoms with Gasteiger partial charge in [-0.3, -0.25) is 0 Å². The van der Waals surface area contributed by atoms with Gasteiger partial charge < -0.3 is 4.42 Å². The van der Waals surface area contributed by atoms with Crippen LogP contribution >= 0.6 is 15.9 Å². The average Bonchev–Trinajstić information content (AvgIpc) is 3.09. The van der Waals surface area contributed by atoms with Crippen molar-refractivity contribution in [2.24, 2.45) is 0 Å². The second kappa shape index (κ2) is 5.36. The summed E-state index contributed by atoms with van der Waals surface area (Å²) >= 11 is 3.34. The van der Waals surface area contributed by atoms with Gasteiger partial charge in [0.1, 0.15) is 12.0 Å². The minimum Gasteiger partial charge on any atom is -0.444 e. The van der Waals surface area contributed by atoms with Gasteiger partial charge >= 0.3 is 0 Å². The Morgan fingerprint density at radius 3 is 2.74 bits per heavy atom. The van der Waals surface area contributed by atoms with Crippen LogP contribution in [0.3, 0.4) is 0 Å². The van der Waals surface area contributed by atoms with E-state index < -0.39 is 0 Å². The smallest absolute Gasteiger partial charge is 0.226 e. The number of halogens is 1. The number of hydrogen-bond donors (Lipinski definition) is 0. The van der Waals surface area contributed by atoms with E-state index in [1.165, 1.54) is 0 Å². The fourth-order valence-corrected chi connectivity index (χ4v) is 1.99. The first-order valence-electron chi connectivity index (χ1n) is 5.80. The minimum absolute atomic E-state index is 0.552. The third-order valence-corrected chi connectivity index (χ3v) is 3.19. The monoisotopic (exact) mass is 318 g/mol. The van der Waals surface area contributed by atoms with E-state index >= 15 is 0 Å². The molecule has 0 unspecified atom stereocenters. The van der Waals surface area contributed by atoms with Crippen LogP contribution < -0.4 is 0 Å². The van der Waals surface area contributed by atoms with E-state index in [0.717, 1.165) is 17.0 Å². The molecule has 5 nitrogen and oxygen atoms in total. The normalized spacial score (nSPS) is 10.8. The summed E-state index contributed by atoms with van der Waals surface area (Å²) in [6.45, 7) is 0.552. The first kappa shape index (κ1) is 12.1. The van der Waals surface area contributed by atoms with Gasteiger partial charge in [0.2, 0.25) is 5.89 Å². The molecule has 0 spiro atoms. The zero-order valence-electron chi connectivity index (χ0n) is 10.0. The molecule has 0 aliphatic heterocycles. The third kappa shape index (κ3) is 2.73. The van der Waals surface area contributed by atoms with Gasteiger partial charge in [-0.2, -0.15) is 0 Å². The molecule has 0 radical (unpaired) electrons. The second-order valence-corrected chi connectivity index (χ2v) is 4.61. The Labute approximate surface area is 118 Å². The summed E-state index contributed by atoms with van der Waals surface area (Å²) in [6.07, 6.45) is 3.53. The van der Waals surface area contributed by atoms with Gasteiger partial charge in [-0.05, 0) is 12.1 Å². The van der Waals surface area contributed by atoms with Crippen LogP contribution in [0.5, 0.6) is 0 Å². The fraction of sp³-hybridized carbons (Fsp3) is 0.154. The van der Waals surface area contributed by atoms with Crippen LogP contribution in [0.25, 0.3) is 11.5 Å². The van der Waals surface area contributed by atoms with E-state index in [2.05, 4.69) is 31.2 Å². The molecule has 2 aromatic heterocycles. The molecule has 0 fully saturated rings. The Morgan fingerprint density at radius 2 is 2.00 bits per heavy atom. The number of alkyl halides is 1. The number of aromatic nitrogens is 4. The molecule has 0 N–H and O–H groups in total. The van der Waals surface area contributed by atoms with Crippen molar-refractivity contribution in [1.29, 1.82) is 0 Å². The summed E-state index contributed by atoms with van der Waals surface area (Å²) in [4.78, 5) is 4.44. The van der Waals surface area contributed by atoms with E-state index in [-0.39, 0.29) is 0 Å². The van der Waals surface area contributed by atoms with Crippen molar-refractivity contribution < 1.29 is 4.42 Å². The highest BCUT2D eigenvalue weighted by molar-refractivity contribution is 9.08. The summed E-state index contributed by atoms with van der Waals surface area (Å²) < 4.78 is 7.21. The molecule has 0 bridgehead atoms. The van der Waals surface area contributed by atoms with Crippen LogP contribution in [-0.4, -0.2) is 20.0 Å². The number of nitrogens with zero attached hydrogens (tertiary/aromatic N) is 4. The topological polar surface area (TPSA) is 56.7 Å². The summed E-state index contributed by atoms with van der Waals surface area (Å²) in [5.74, 6) is 0.622. The number of oxazole rings is 1. The Kier molecular flexibility index (Phi) is 3.41. The molecular formula is C13H11BrN4O. The van der Waals surface area contributed by atoms with Crippen LogP contribution in [0.2, 0.25) is 0 Å². The molecule has 96 valence electrons. The molecule has 1 aromatic carbocycles. The minimum atomic E-state index is 0.552. The lowest BCUT2D eigenvalue weighted by molar-refractivity contribution is 0.568. The maximum Gasteiger partial charge on any atom is 0.226 e. The molecule has 3 aromatic rings. The zero-order valence-corrected chi connectivity index (χ0v) is 11.6. The van der Waals surface area contributed by atoms with E-state index in [9.17, 15) is 0 Å². The van der Waals surface area contributed by atoms with Crippen LogP contribution in [0.4, 0.5) is 0 Å². The summed E-state index contributed by atoms with van der Waals surface area (Å²) in [5.41, 5.74) is 2.69. The maximum atomic E-state index is 5.47. The molecule has 0 aliphatic rings. The van der Waals surface area contributed by atoms with Gasteiger partial charge in [-0.15, -0.1) is 5.10 Å². The molecule has 3 rings (SSSR count). The van der Waals surface area contributed by atoms with E-state index in [1.807, 2.05) is 36.5 Å². The summed E-state index contributed by atoms with van der Waals surface area (Å²) in [7, 11) is 0. The molecule has 0 saturated heterocycles. The van der Waals surface area contributed by atoms with Crippen molar-refractivity contribution in [3.63, 3.8) is 0 Å². The molecule has 0 saturated carbocycles. The Bertz CT molecular complexity index is 662. The van der Waals surface area contributed by atoms with Crippen molar-refractivity contribution in [1.82, 2.24) is 20.0 Å². The summed E-state index contributed by atoms with van der Waals surface area (Å²) in [5, 5.41) is 8.72. The number of benzene rings is 1. The Balaban J connectivity index is 1.78. The SMILES string of the molecule is BrCc1cn(Cc2coc(-c3ccccc3)n2)nn1. The lowest BCUT2D eigenvalue weighted by atomic mass is 10.2. The van der Waals surface area contributed by atoms with Crippen LogP contribution in [0.15, 0.2) is 47.2 Å². The van der Waals surface area contributed by atoms with E-state index in [4.69, 9.17) is 4.42 Å². The van der Waals surface area contributed by atoms with E-state index in [0.29, 0.717) is 17.8 Å². The van der Waals surface area contributed by atoms with Crippen LogP contribution in [0, 0.1) is 0 Å². The lowest BCUT2D eigenvalue weighted by Crippen LogP contribution is -2.00. The van der Waals surface area contributed by atoms with Gasteiger partial charge in [-0.1, -0.05) is 39.3 Å². The highest BCUT2D eigenvalue weighted by atomic mass is 79.9. The first-order valence-corrected chi connectivity index (χ1v) is 6.92. The van der Waals surface area contributed by atoms with Crippen LogP contribution in [0.1, 0.15) is 11.4 Å². The van der Waals surface area contributed by atoms with Crippen molar-refractivity contribution in [3.8, 4) is 11.5 Å². The van der Waals surface area contributed by atoms with Crippen molar-refractivity contribution in [3.05, 3.63) is 54.2 Å². The van der Waals surface area contributed by atoms with Gasteiger partial charge in [-0.25, -0.2) is 9.67 Å². The molecular weight excluding hydrogens is 308 g/mol. The third-order valence-electron chi connectivity index (χ3n) is 2.62. The largest absolute Gasteiger partial charge is 0.444 e. The van der Waals surface area contributed by atoms with Crippen molar-refractivity contribution >= 4 is 15.9 Å². The predicted octanol–water partition coefficient (Wildman–Crippen LogP) is 2.88. The number of rotatable bonds is 4. The molecule has 0 amide bonds. The second-order valence-electron chi connectivity index (χ2n) is 4.05. The molecule has 19 heavy (non-hydrogen) atoms. The average molecular weight is 319 g/mol. The van der Waals surface area contributed by atoms with Gasteiger partial charge in [0.15, 0.2) is 0 Å². The first-order chi connectivity index (χ1) is 9.35. The van der Waals surface area contributed by atoms with Crippen molar-refractivity contribution in [2.75, 3.05) is 0 Å². The lowest BCUT2D eigenvalue weighted by Gasteiger charge is -1.94. The highest BCUT2D eigenvalue weighted by Crippen LogP contribution is 2.18. The zero-order chi connectivity index (χ0) is 13.1. The highest BCUT2D eigenvalue weighted by Gasteiger charge is 2.07. The Hall–Kier alpha value is -1.95. The van der Waals surface area contributed by atoms with Crippen LogP contribution in [-0.2, 0) is 11.9 Å². The molecule has 6 heteroatoms. The molecule has 0 aliphatic carbocycles. The maximum absolute atomic E-state index is 5.47. The number of hydrogen-bond acceptors (Lipinski definition) is 4. The quantitative estimate of drug-likeness (QED) is 0.694. The standard InChI is InChI=1S/C13H11BrN4O/c14-6-11-7-18(17-16-11)8-12-9-19-13(15-12)10-4-2-1-3-5-10/h1-5,7,9H,6,8H2. The van der Waals surface area contributed by atoms with Gasteiger partial charge in [0, 0.05) is 17.1 Å².